The van der Waals surface area contributed by atoms with Gasteiger partial charge in [0.15, 0.2) is 6.61 Å². The van der Waals surface area contributed by atoms with Crippen LogP contribution < -0.4 is 4.74 Å². The molecule has 0 saturated heterocycles. The number of esters is 1. The molecule has 0 N–H and O–H groups in total. The number of carbonyl (C=O) groups is 1. The third-order valence-corrected chi connectivity index (χ3v) is 3.33. The lowest BCUT2D eigenvalue weighted by molar-refractivity contribution is -0.156. The Morgan fingerprint density at radius 3 is 2.85 bits per heavy atom. The van der Waals surface area contributed by atoms with E-state index in [0.29, 0.717) is 11.3 Å². The van der Waals surface area contributed by atoms with Crippen LogP contribution in [0.1, 0.15) is 24.8 Å². The molecule has 1 aromatic carbocycles. The lowest BCUT2D eigenvalue weighted by atomic mass is 10.2. The van der Waals surface area contributed by atoms with E-state index in [4.69, 9.17) is 19.5 Å². The van der Waals surface area contributed by atoms with Gasteiger partial charge in [-0.1, -0.05) is 12.1 Å². The molecule has 20 heavy (non-hydrogen) atoms. The predicted molar refractivity (Wildman–Crippen MR) is 71.2 cm³/mol. The number of benzene rings is 1. The Bertz CT molecular complexity index is 509. The van der Waals surface area contributed by atoms with E-state index in [0.717, 1.165) is 19.3 Å². The molecule has 1 saturated carbocycles. The van der Waals surface area contributed by atoms with Crippen LogP contribution in [0.5, 0.6) is 5.75 Å². The zero-order chi connectivity index (χ0) is 14.4. The first-order valence-corrected chi connectivity index (χ1v) is 6.59. The van der Waals surface area contributed by atoms with Crippen LogP contribution in [-0.4, -0.2) is 31.9 Å². The molecule has 0 bridgehead atoms. The van der Waals surface area contributed by atoms with Crippen molar-refractivity contribution in [3.05, 3.63) is 29.8 Å². The Morgan fingerprint density at radius 2 is 2.10 bits per heavy atom. The highest BCUT2D eigenvalue weighted by atomic mass is 16.6. The van der Waals surface area contributed by atoms with E-state index in [2.05, 4.69) is 0 Å². The average molecular weight is 275 g/mol. The Kier molecular flexibility index (Phi) is 4.97. The second kappa shape index (κ2) is 6.92. The number of methoxy groups -OCH3 is 1. The van der Waals surface area contributed by atoms with Crippen molar-refractivity contribution in [3.8, 4) is 11.8 Å². The first-order valence-electron chi connectivity index (χ1n) is 6.59. The zero-order valence-electron chi connectivity index (χ0n) is 11.4. The zero-order valence-corrected chi connectivity index (χ0v) is 11.4. The summed E-state index contributed by atoms with van der Waals surface area (Å²) < 4.78 is 15.9. The van der Waals surface area contributed by atoms with Gasteiger partial charge in [-0.2, -0.15) is 5.26 Å². The molecule has 0 aromatic heterocycles. The SMILES string of the molecule is COC1CCCC1OC(=O)COc1ccccc1C#N. The van der Waals surface area contributed by atoms with Crippen LogP contribution in [0.25, 0.3) is 0 Å². The fraction of sp³-hybridized carbons (Fsp3) is 0.467. The minimum atomic E-state index is -0.438. The number of rotatable bonds is 5. The quantitative estimate of drug-likeness (QED) is 0.769. The molecule has 0 heterocycles. The van der Waals surface area contributed by atoms with Crippen molar-refractivity contribution in [2.75, 3.05) is 13.7 Å². The maximum atomic E-state index is 11.7. The van der Waals surface area contributed by atoms with Crippen molar-refractivity contribution >= 4 is 5.97 Å². The number of hydrogen-bond donors (Lipinski definition) is 0. The van der Waals surface area contributed by atoms with Crippen LogP contribution in [-0.2, 0) is 14.3 Å². The number of hydrogen-bond acceptors (Lipinski definition) is 5. The summed E-state index contributed by atoms with van der Waals surface area (Å²) in [5.74, 6) is -0.0478. The standard InChI is InChI=1S/C15H17NO4/c1-18-13-7-4-8-14(13)20-15(17)10-19-12-6-3-2-5-11(12)9-16/h2-3,5-6,13-14H,4,7-8,10H2,1H3. The summed E-state index contributed by atoms with van der Waals surface area (Å²) in [6, 6.07) is 8.79. The average Bonchev–Trinajstić information content (AvgIpc) is 2.92. The van der Waals surface area contributed by atoms with Gasteiger partial charge in [0.2, 0.25) is 0 Å². The van der Waals surface area contributed by atoms with Crippen LogP contribution in [0, 0.1) is 11.3 Å². The van der Waals surface area contributed by atoms with E-state index >= 15 is 0 Å². The monoisotopic (exact) mass is 275 g/mol. The summed E-state index contributed by atoms with van der Waals surface area (Å²) in [6.45, 7) is -0.203. The maximum Gasteiger partial charge on any atom is 0.344 e. The third-order valence-electron chi connectivity index (χ3n) is 3.33. The molecule has 5 heteroatoms. The molecule has 1 aliphatic rings. The summed E-state index contributed by atoms with van der Waals surface area (Å²) in [5, 5.41) is 8.92. The lowest BCUT2D eigenvalue weighted by Crippen LogP contribution is -2.29. The van der Waals surface area contributed by atoms with Crippen LogP contribution in [0.2, 0.25) is 0 Å². The van der Waals surface area contributed by atoms with Gasteiger partial charge < -0.3 is 14.2 Å². The van der Waals surface area contributed by atoms with Gasteiger partial charge in [0.25, 0.3) is 0 Å². The van der Waals surface area contributed by atoms with Crippen molar-refractivity contribution in [2.45, 2.75) is 31.5 Å². The van der Waals surface area contributed by atoms with E-state index in [1.165, 1.54) is 0 Å². The largest absolute Gasteiger partial charge is 0.481 e. The molecule has 0 spiro atoms. The highest BCUT2D eigenvalue weighted by Crippen LogP contribution is 2.24. The van der Waals surface area contributed by atoms with Gasteiger partial charge >= 0.3 is 5.97 Å². The van der Waals surface area contributed by atoms with Crippen LogP contribution in [0.15, 0.2) is 24.3 Å². The molecule has 2 rings (SSSR count). The smallest absolute Gasteiger partial charge is 0.344 e. The number of para-hydroxylation sites is 1. The Labute approximate surface area is 118 Å². The Hall–Kier alpha value is -2.06. The molecule has 1 fully saturated rings. The molecular weight excluding hydrogens is 258 g/mol. The van der Waals surface area contributed by atoms with Gasteiger partial charge in [0.05, 0.1) is 11.7 Å². The van der Waals surface area contributed by atoms with Crippen molar-refractivity contribution < 1.29 is 19.0 Å². The van der Waals surface area contributed by atoms with Gasteiger partial charge in [-0.3, -0.25) is 0 Å². The summed E-state index contributed by atoms with van der Waals surface area (Å²) in [5.41, 5.74) is 0.399. The second-order valence-electron chi connectivity index (χ2n) is 4.63. The number of carbonyl (C=O) groups excluding carboxylic acids is 1. The molecule has 0 radical (unpaired) electrons. The van der Waals surface area contributed by atoms with Gasteiger partial charge in [-0.25, -0.2) is 4.79 Å². The van der Waals surface area contributed by atoms with E-state index in [-0.39, 0.29) is 18.8 Å². The van der Waals surface area contributed by atoms with Crippen molar-refractivity contribution in [1.29, 1.82) is 5.26 Å². The minimum Gasteiger partial charge on any atom is -0.481 e. The molecule has 2 unspecified atom stereocenters. The van der Waals surface area contributed by atoms with Crippen LogP contribution in [0.3, 0.4) is 0 Å². The Morgan fingerprint density at radius 1 is 1.35 bits per heavy atom. The molecular formula is C15H17NO4. The number of nitrogens with zero attached hydrogens (tertiary/aromatic N) is 1. The van der Waals surface area contributed by atoms with E-state index in [9.17, 15) is 4.79 Å². The highest BCUT2D eigenvalue weighted by Gasteiger charge is 2.30. The highest BCUT2D eigenvalue weighted by molar-refractivity contribution is 5.71. The van der Waals surface area contributed by atoms with Gasteiger partial charge in [-0.05, 0) is 31.4 Å². The lowest BCUT2D eigenvalue weighted by Gasteiger charge is -2.18. The van der Waals surface area contributed by atoms with E-state index < -0.39 is 5.97 Å². The first-order chi connectivity index (χ1) is 9.74. The van der Waals surface area contributed by atoms with E-state index in [1.54, 1.807) is 31.4 Å². The minimum absolute atomic E-state index is 0.0228. The number of nitriles is 1. The summed E-state index contributed by atoms with van der Waals surface area (Å²) in [7, 11) is 1.62. The molecule has 1 aliphatic carbocycles. The van der Waals surface area contributed by atoms with Crippen molar-refractivity contribution in [1.82, 2.24) is 0 Å². The van der Waals surface area contributed by atoms with Crippen LogP contribution >= 0.6 is 0 Å². The molecule has 2 atom stereocenters. The summed E-state index contributed by atoms with van der Waals surface area (Å²) >= 11 is 0. The fourth-order valence-electron chi connectivity index (χ4n) is 2.32. The normalized spacial score (nSPS) is 21.2. The maximum absolute atomic E-state index is 11.7. The molecule has 0 amide bonds. The topological polar surface area (TPSA) is 68.6 Å². The number of ether oxygens (including phenoxy) is 3. The molecule has 5 nitrogen and oxygen atoms in total. The molecule has 0 aliphatic heterocycles. The molecule has 1 aromatic rings. The van der Waals surface area contributed by atoms with E-state index in [1.807, 2.05) is 6.07 Å². The van der Waals surface area contributed by atoms with Gasteiger partial charge in [0.1, 0.15) is 17.9 Å². The van der Waals surface area contributed by atoms with Gasteiger partial charge in [0, 0.05) is 7.11 Å². The molecule has 106 valence electrons. The summed E-state index contributed by atoms with van der Waals surface area (Å²) in [6.07, 6.45) is 2.51. The predicted octanol–water partition coefficient (Wildman–Crippen LogP) is 2.05. The fourth-order valence-corrected chi connectivity index (χ4v) is 2.32. The van der Waals surface area contributed by atoms with Crippen molar-refractivity contribution in [2.24, 2.45) is 0 Å². The second-order valence-corrected chi connectivity index (χ2v) is 4.63. The van der Waals surface area contributed by atoms with Gasteiger partial charge in [-0.15, -0.1) is 0 Å². The summed E-state index contributed by atoms with van der Waals surface area (Å²) in [4.78, 5) is 11.7. The van der Waals surface area contributed by atoms with Crippen molar-refractivity contribution in [3.63, 3.8) is 0 Å². The van der Waals surface area contributed by atoms with Crippen LogP contribution in [0.4, 0.5) is 0 Å². The third kappa shape index (κ3) is 3.49. The Balaban J connectivity index is 1.85. The first kappa shape index (κ1) is 14.4.